The van der Waals surface area contributed by atoms with E-state index in [4.69, 9.17) is 10.00 Å². The first-order valence-corrected chi connectivity index (χ1v) is 5.56. The lowest BCUT2D eigenvalue weighted by Gasteiger charge is -2.14. The predicted molar refractivity (Wildman–Crippen MR) is 53.8 cm³/mol. The Balaban J connectivity index is 1.83. The summed E-state index contributed by atoms with van der Waals surface area (Å²) in [5.41, 5.74) is 0. The standard InChI is InChI=1S/C11H16N2O2/c1-7-2-5-10(15-7)11(14)13-9(6-12)8-3-4-8/h7-10H,2-5H2,1H3,(H,13,14). The van der Waals surface area contributed by atoms with Gasteiger partial charge in [-0.1, -0.05) is 0 Å². The Hall–Kier alpha value is -1.08. The number of nitriles is 1. The van der Waals surface area contributed by atoms with Gasteiger partial charge in [-0.2, -0.15) is 5.26 Å². The second-order valence-corrected chi connectivity index (χ2v) is 4.47. The fraction of sp³-hybridized carbons (Fsp3) is 0.818. The van der Waals surface area contributed by atoms with Crippen molar-refractivity contribution < 1.29 is 9.53 Å². The molecule has 1 amide bonds. The molecule has 0 aromatic heterocycles. The fourth-order valence-corrected chi connectivity index (χ4v) is 1.93. The summed E-state index contributed by atoms with van der Waals surface area (Å²) in [5.74, 6) is 0.260. The molecular formula is C11H16N2O2. The maximum Gasteiger partial charge on any atom is 0.250 e. The molecule has 1 heterocycles. The van der Waals surface area contributed by atoms with Crippen molar-refractivity contribution in [2.75, 3.05) is 0 Å². The molecule has 82 valence electrons. The van der Waals surface area contributed by atoms with Gasteiger partial charge in [0.1, 0.15) is 12.1 Å². The van der Waals surface area contributed by atoms with Gasteiger partial charge in [0, 0.05) is 0 Å². The molecule has 1 aliphatic heterocycles. The second-order valence-electron chi connectivity index (χ2n) is 4.47. The van der Waals surface area contributed by atoms with Gasteiger partial charge >= 0.3 is 0 Å². The van der Waals surface area contributed by atoms with Crippen LogP contribution in [0.15, 0.2) is 0 Å². The normalized spacial score (nSPS) is 32.0. The van der Waals surface area contributed by atoms with Crippen molar-refractivity contribution in [3.63, 3.8) is 0 Å². The molecule has 1 saturated heterocycles. The van der Waals surface area contributed by atoms with E-state index >= 15 is 0 Å². The second kappa shape index (κ2) is 4.19. The van der Waals surface area contributed by atoms with E-state index in [0.29, 0.717) is 5.92 Å². The molecule has 0 aromatic carbocycles. The molecule has 3 atom stereocenters. The van der Waals surface area contributed by atoms with Crippen LogP contribution in [0.2, 0.25) is 0 Å². The summed E-state index contributed by atoms with van der Waals surface area (Å²) in [6.45, 7) is 1.97. The van der Waals surface area contributed by atoms with Crippen molar-refractivity contribution in [1.29, 1.82) is 5.26 Å². The van der Waals surface area contributed by atoms with E-state index < -0.39 is 0 Å². The van der Waals surface area contributed by atoms with Crippen molar-refractivity contribution in [1.82, 2.24) is 5.32 Å². The van der Waals surface area contributed by atoms with Gasteiger partial charge in [-0.05, 0) is 38.5 Å². The zero-order valence-corrected chi connectivity index (χ0v) is 8.90. The summed E-state index contributed by atoms with van der Waals surface area (Å²) in [4.78, 5) is 11.7. The highest BCUT2D eigenvalue weighted by molar-refractivity contribution is 5.81. The smallest absolute Gasteiger partial charge is 0.250 e. The molecule has 1 aliphatic carbocycles. The van der Waals surface area contributed by atoms with Crippen molar-refractivity contribution in [3.05, 3.63) is 0 Å². The first-order valence-electron chi connectivity index (χ1n) is 5.56. The van der Waals surface area contributed by atoms with Crippen LogP contribution < -0.4 is 5.32 Å². The largest absolute Gasteiger partial charge is 0.365 e. The minimum absolute atomic E-state index is 0.113. The van der Waals surface area contributed by atoms with Gasteiger partial charge in [-0.15, -0.1) is 0 Å². The number of nitrogens with zero attached hydrogens (tertiary/aromatic N) is 1. The molecular weight excluding hydrogens is 192 g/mol. The Bertz CT molecular complexity index is 293. The summed E-state index contributed by atoms with van der Waals surface area (Å²) >= 11 is 0. The number of rotatable bonds is 3. The highest BCUT2D eigenvalue weighted by Gasteiger charge is 2.35. The lowest BCUT2D eigenvalue weighted by molar-refractivity contribution is -0.132. The average Bonchev–Trinajstić information content (AvgIpc) is 2.97. The summed E-state index contributed by atoms with van der Waals surface area (Å²) in [6, 6.07) is 1.83. The quantitative estimate of drug-likeness (QED) is 0.751. The SMILES string of the molecule is CC1CCC(C(=O)NC(C#N)C2CC2)O1. The molecule has 0 radical (unpaired) electrons. The number of hydrogen-bond acceptors (Lipinski definition) is 3. The monoisotopic (exact) mass is 208 g/mol. The topological polar surface area (TPSA) is 62.1 Å². The number of hydrogen-bond donors (Lipinski definition) is 1. The van der Waals surface area contributed by atoms with Gasteiger partial charge in [0.2, 0.25) is 5.91 Å². The summed E-state index contributed by atoms with van der Waals surface area (Å²) in [5, 5.41) is 11.6. The van der Waals surface area contributed by atoms with E-state index in [-0.39, 0.29) is 24.2 Å². The molecule has 2 fully saturated rings. The van der Waals surface area contributed by atoms with E-state index in [9.17, 15) is 4.79 Å². The maximum absolute atomic E-state index is 11.7. The van der Waals surface area contributed by atoms with Crippen LogP contribution in [0.25, 0.3) is 0 Å². The van der Waals surface area contributed by atoms with Crippen molar-refractivity contribution in [2.24, 2.45) is 5.92 Å². The molecule has 3 unspecified atom stereocenters. The molecule has 1 saturated carbocycles. The Kier molecular flexibility index (Phi) is 2.92. The minimum Gasteiger partial charge on any atom is -0.365 e. The van der Waals surface area contributed by atoms with Gasteiger partial charge in [0.15, 0.2) is 0 Å². The molecule has 0 bridgehead atoms. The molecule has 1 N–H and O–H groups in total. The zero-order chi connectivity index (χ0) is 10.8. The van der Waals surface area contributed by atoms with Gasteiger partial charge in [-0.3, -0.25) is 4.79 Å². The number of carbonyl (C=O) groups is 1. The molecule has 2 rings (SSSR count). The fourth-order valence-electron chi connectivity index (χ4n) is 1.93. The van der Waals surface area contributed by atoms with Crippen molar-refractivity contribution >= 4 is 5.91 Å². The molecule has 15 heavy (non-hydrogen) atoms. The van der Waals surface area contributed by atoms with E-state index in [2.05, 4.69) is 11.4 Å². The van der Waals surface area contributed by atoms with Crippen LogP contribution in [-0.4, -0.2) is 24.2 Å². The third-order valence-corrected chi connectivity index (χ3v) is 3.05. The Labute approximate surface area is 89.6 Å². The molecule has 0 spiro atoms. The van der Waals surface area contributed by atoms with Crippen LogP contribution in [0.3, 0.4) is 0 Å². The first kappa shape index (κ1) is 10.4. The lowest BCUT2D eigenvalue weighted by atomic mass is 10.1. The molecule has 0 aromatic rings. The average molecular weight is 208 g/mol. The molecule has 4 nitrogen and oxygen atoms in total. The number of amides is 1. The lowest BCUT2D eigenvalue weighted by Crippen LogP contribution is -2.41. The zero-order valence-electron chi connectivity index (χ0n) is 8.90. The highest BCUT2D eigenvalue weighted by atomic mass is 16.5. The minimum atomic E-state index is -0.338. The maximum atomic E-state index is 11.7. The van der Waals surface area contributed by atoms with E-state index in [1.54, 1.807) is 0 Å². The van der Waals surface area contributed by atoms with Gasteiger partial charge in [-0.25, -0.2) is 0 Å². The van der Waals surface area contributed by atoms with Crippen LogP contribution in [0.1, 0.15) is 32.6 Å². The summed E-state index contributed by atoms with van der Waals surface area (Å²) < 4.78 is 5.45. The van der Waals surface area contributed by atoms with E-state index in [1.165, 1.54) is 0 Å². The molecule has 2 aliphatic rings. The van der Waals surface area contributed by atoms with Gasteiger partial charge in [0.25, 0.3) is 0 Å². The predicted octanol–water partition coefficient (Wildman–Crippen LogP) is 0.972. The summed E-state index contributed by atoms with van der Waals surface area (Å²) in [6.07, 6.45) is 3.65. The van der Waals surface area contributed by atoms with Crippen molar-refractivity contribution in [2.45, 2.75) is 50.9 Å². The van der Waals surface area contributed by atoms with Crippen LogP contribution in [0.4, 0.5) is 0 Å². The Morgan fingerprint density at radius 2 is 2.20 bits per heavy atom. The number of ether oxygens (including phenoxy) is 1. The number of carbonyl (C=O) groups excluding carboxylic acids is 1. The summed E-state index contributed by atoms with van der Waals surface area (Å²) in [7, 11) is 0. The Morgan fingerprint density at radius 3 is 2.67 bits per heavy atom. The third kappa shape index (κ3) is 2.48. The molecule has 4 heteroatoms. The number of nitrogens with one attached hydrogen (secondary N) is 1. The van der Waals surface area contributed by atoms with Crippen molar-refractivity contribution in [3.8, 4) is 6.07 Å². The van der Waals surface area contributed by atoms with E-state index in [0.717, 1.165) is 25.7 Å². The van der Waals surface area contributed by atoms with Gasteiger partial charge in [0.05, 0.1) is 12.2 Å². The first-order chi connectivity index (χ1) is 7.20. The van der Waals surface area contributed by atoms with Gasteiger partial charge < -0.3 is 10.1 Å². The van der Waals surface area contributed by atoms with Crippen LogP contribution >= 0.6 is 0 Å². The third-order valence-electron chi connectivity index (χ3n) is 3.05. The van der Waals surface area contributed by atoms with Crippen LogP contribution in [0, 0.1) is 17.2 Å². The highest BCUT2D eigenvalue weighted by Crippen LogP contribution is 2.32. The van der Waals surface area contributed by atoms with E-state index in [1.807, 2.05) is 6.92 Å². The Morgan fingerprint density at radius 1 is 1.47 bits per heavy atom. The van der Waals surface area contributed by atoms with Crippen LogP contribution in [0.5, 0.6) is 0 Å². The van der Waals surface area contributed by atoms with Crippen LogP contribution in [-0.2, 0) is 9.53 Å².